The summed E-state index contributed by atoms with van der Waals surface area (Å²) in [4.78, 5) is 0. The van der Waals surface area contributed by atoms with Crippen molar-refractivity contribution in [2.45, 2.75) is 33.5 Å². The van der Waals surface area contributed by atoms with Crippen molar-refractivity contribution in [3.63, 3.8) is 0 Å². The van der Waals surface area contributed by atoms with Crippen LogP contribution in [0, 0.1) is 26.2 Å². The highest BCUT2D eigenvalue weighted by Gasteiger charge is 2.15. The van der Waals surface area contributed by atoms with Crippen LogP contribution >= 0.6 is 0 Å². The highest BCUT2D eigenvalue weighted by atomic mass is 16.5. The number of amidine groups is 1. The maximum Gasteiger partial charge on any atom is 0.136 e. The van der Waals surface area contributed by atoms with Gasteiger partial charge in [0.05, 0.1) is 0 Å². The van der Waals surface area contributed by atoms with E-state index in [1.165, 1.54) is 5.56 Å². The topological polar surface area (TPSA) is 79.3 Å². The second-order valence-corrected chi connectivity index (χ2v) is 5.57. The molecule has 0 saturated heterocycles. The zero-order chi connectivity index (χ0) is 16.3. The molecule has 2 aromatic carbocycles. The molecule has 0 aromatic heterocycles. The minimum absolute atomic E-state index is 0.268. The third-order valence-electron chi connectivity index (χ3n) is 3.62. The lowest BCUT2D eigenvalue weighted by Crippen LogP contribution is -2.21. The van der Waals surface area contributed by atoms with Crippen molar-refractivity contribution in [2.24, 2.45) is 5.73 Å². The van der Waals surface area contributed by atoms with Gasteiger partial charge in [-0.2, -0.15) is 0 Å². The van der Waals surface area contributed by atoms with Crippen LogP contribution in [0.5, 0.6) is 5.75 Å². The van der Waals surface area contributed by atoms with Crippen molar-refractivity contribution >= 4 is 5.84 Å². The second kappa shape index (κ2) is 6.62. The Morgan fingerprint density at radius 1 is 1.18 bits per heavy atom. The second-order valence-electron chi connectivity index (χ2n) is 5.57. The molecule has 2 rings (SSSR count). The summed E-state index contributed by atoms with van der Waals surface area (Å²) >= 11 is 0. The molecule has 0 fully saturated rings. The standard InChI is InChI=1S/C18H22N2O2/c1-11-8-12(2)17(13(3)9-11)22-10-14-6-4-5-7-15(14)16(21)18(19)20/h4-9,16,21H,10H2,1-3H3,(H3,19,20). The highest BCUT2D eigenvalue weighted by molar-refractivity contribution is 5.83. The van der Waals surface area contributed by atoms with Gasteiger partial charge in [-0.15, -0.1) is 0 Å². The van der Waals surface area contributed by atoms with Gasteiger partial charge in [0.15, 0.2) is 0 Å². The number of aliphatic hydroxyl groups is 1. The Morgan fingerprint density at radius 3 is 2.36 bits per heavy atom. The van der Waals surface area contributed by atoms with Crippen molar-refractivity contribution in [3.8, 4) is 5.75 Å². The molecule has 1 unspecified atom stereocenters. The van der Waals surface area contributed by atoms with E-state index in [0.717, 1.165) is 22.4 Å². The molecular weight excluding hydrogens is 276 g/mol. The van der Waals surface area contributed by atoms with Gasteiger partial charge >= 0.3 is 0 Å². The molecule has 4 nitrogen and oxygen atoms in total. The van der Waals surface area contributed by atoms with Crippen LogP contribution in [0.1, 0.15) is 33.9 Å². The van der Waals surface area contributed by atoms with Crippen molar-refractivity contribution < 1.29 is 9.84 Å². The molecule has 0 aliphatic carbocycles. The lowest BCUT2D eigenvalue weighted by molar-refractivity contribution is 0.238. The predicted octanol–water partition coefficient (Wildman–Crippen LogP) is 3.16. The summed E-state index contributed by atoms with van der Waals surface area (Å²) < 4.78 is 5.96. The minimum atomic E-state index is -1.10. The van der Waals surface area contributed by atoms with Crippen LogP contribution in [-0.4, -0.2) is 10.9 Å². The Morgan fingerprint density at radius 2 is 1.77 bits per heavy atom. The van der Waals surface area contributed by atoms with Gasteiger partial charge in [0.25, 0.3) is 0 Å². The third-order valence-corrected chi connectivity index (χ3v) is 3.62. The van der Waals surface area contributed by atoms with Gasteiger partial charge in [0, 0.05) is 0 Å². The van der Waals surface area contributed by atoms with E-state index < -0.39 is 6.10 Å². The molecule has 0 bridgehead atoms. The normalized spacial score (nSPS) is 12.0. The van der Waals surface area contributed by atoms with Gasteiger partial charge in [-0.1, -0.05) is 42.0 Å². The molecule has 0 heterocycles. The molecule has 1 atom stereocenters. The van der Waals surface area contributed by atoms with Gasteiger partial charge in [0.1, 0.15) is 24.3 Å². The number of hydrogen-bond acceptors (Lipinski definition) is 3. The van der Waals surface area contributed by atoms with E-state index in [4.69, 9.17) is 15.9 Å². The summed E-state index contributed by atoms with van der Waals surface area (Å²) in [5.41, 5.74) is 10.2. The molecule has 2 aromatic rings. The van der Waals surface area contributed by atoms with Crippen molar-refractivity contribution in [1.29, 1.82) is 5.41 Å². The third kappa shape index (κ3) is 3.46. The van der Waals surface area contributed by atoms with E-state index in [-0.39, 0.29) is 5.84 Å². The van der Waals surface area contributed by atoms with Crippen LogP contribution in [0.15, 0.2) is 36.4 Å². The zero-order valence-corrected chi connectivity index (χ0v) is 13.2. The molecule has 0 amide bonds. The Hall–Kier alpha value is -2.33. The zero-order valence-electron chi connectivity index (χ0n) is 13.2. The summed E-state index contributed by atoms with van der Waals surface area (Å²) in [6, 6.07) is 11.5. The first-order chi connectivity index (χ1) is 10.4. The Balaban J connectivity index is 2.25. The molecule has 0 aliphatic rings. The summed E-state index contributed by atoms with van der Waals surface area (Å²) in [6.07, 6.45) is -1.10. The smallest absolute Gasteiger partial charge is 0.136 e. The summed E-state index contributed by atoms with van der Waals surface area (Å²) in [5.74, 6) is 0.591. The number of hydrogen-bond donors (Lipinski definition) is 3. The Kier molecular flexibility index (Phi) is 4.83. The van der Waals surface area contributed by atoms with Crippen LogP contribution in [0.2, 0.25) is 0 Å². The maximum absolute atomic E-state index is 10.0. The molecule has 0 aliphatic heterocycles. The predicted molar refractivity (Wildman–Crippen MR) is 88.3 cm³/mol. The molecule has 4 heteroatoms. The van der Waals surface area contributed by atoms with Gasteiger partial charge in [-0.25, -0.2) is 0 Å². The van der Waals surface area contributed by atoms with Crippen LogP contribution < -0.4 is 10.5 Å². The summed E-state index contributed by atoms with van der Waals surface area (Å²) in [5, 5.41) is 17.4. The number of nitrogens with two attached hydrogens (primary N) is 1. The van der Waals surface area contributed by atoms with Gasteiger partial charge in [-0.05, 0) is 43.0 Å². The quantitative estimate of drug-likeness (QED) is 0.586. The lowest BCUT2D eigenvalue weighted by atomic mass is 10.0. The van der Waals surface area contributed by atoms with Crippen LogP contribution in [0.3, 0.4) is 0 Å². The molecule has 0 spiro atoms. The number of nitrogens with one attached hydrogen (secondary N) is 1. The first kappa shape index (κ1) is 16.0. The van der Waals surface area contributed by atoms with Gasteiger partial charge in [-0.3, -0.25) is 5.41 Å². The van der Waals surface area contributed by atoms with Gasteiger partial charge < -0.3 is 15.6 Å². The first-order valence-electron chi connectivity index (χ1n) is 7.20. The molecule has 22 heavy (non-hydrogen) atoms. The number of rotatable bonds is 5. The van der Waals surface area contributed by atoms with Crippen LogP contribution in [0.25, 0.3) is 0 Å². The first-order valence-corrected chi connectivity index (χ1v) is 7.20. The fraction of sp³-hybridized carbons (Fsp3) is 0.278. The number of aryl methyl sites for hydroxylation is 3. The van der Waals surface area contributed by atoms with E-state index in [2.05, 4.69) is 19.1 Å². The average Bonchev–Trinajstić information content (AvgIpc) is 2.45. The van der Waals surface area contributed by atoms with Crippen molar-refractivity contribution in [2.75, 3.05) is 0 Å². The number of aliphatic hydroxyl groups excluding tert-OH is 1. The maximum atomic E-state index is 10.0. The fourth-order valence-corrected chi connectivity index (χ4v) is 2.64. The highest BCUT2D eigenvalue weighted by Crippen LogP contribution is 2.26. The van der Waals surface area contributed by atoms with E-state index >= 15 is 0 Å². The minimum Gasteiger partial charge on any atom is -0.488 e. The van der Waals surface area contributed by atoms with E-state index in [9.17, 15) is 5.11 Å². The number of benzene rings is 2. The molecule has 0 radical (unpaired) electrons. The largest absolute Gasteiger partial charge is 0.488 e. The van der Waals surface area contributed by atoms with Crippen molar-refractivity contribution in [3.05, 3.63) is 64.2 Å². The van der Waals surface area contributed by atoms with E-state index in [1.54, 1.807) is 6.07 Å². The summed E-state index contributed by atoms with van der Waals surface area (Å²) in [7, 11) is 0. The Bertz CT molecular complexity index is 672. The molecular formula is C18H22N2O2. The molecule has 4 N–H and O–H groups in total. The lowest BCUT2D eigenvalue weighted by Gasteiger charge is -2.17. The summed E-state index contributed by atoms with van der Waals surface area (Å²) in [6.45, 7) is 6.42. The Labute approximate surface area is 131 Å². The SMILES string of the molecule is Cc1cc(C)c(OCc2ccccc2C(O)C(=N)N)c(C)c1. The van der Waals surface area contributed by atoms with Gasteiger partial charge in [0.2, 0.25) is 0 Å². The number of ether oxygens (including phenoxy) is 1. The van der Waals surface area contributed by atoms with E-state index in [0.29, 0.717) is 12.2 Å². The fourth-order valence-electron chi connectivity index (χ4n) is 2.64. The van der Waals surface area contributed by atoms with Crippen LogP contribution in [-0.2, 0) is 6.61 Å². The average molecular weight is 298 g/mol. The monoisotopic (exact) mass is 298 g/mol. The van der Waals surface area contributed by atoms with E-state index in [1.807, 2.05) is 32.0 Å². The van der Waals surface area contributed by atoms with Crippen molar-refractivity contribution in [1.82, 2.24) is 0 Å². The molecule has 116 valence electrons. The van der Waals surface area contributed by atoms with Crippen LogP contribution in [0.4, 0.5) is 0 Å². The molecule has 0 saturated carbocycles.